The topological polar surface area (TPSA) is 52.6 Å². The van der Waals surface area contributed by atoms with Crippen molar-refractivity contribution in [2.75, 3.05) is 13.2 Å². The molecule has 0 atom stereocenters. The summed E-state index contributed by atoms with van der Waals surface area (Å²) in [5.74, 6) is -0.887. The van der Waals surface area contributed by atoms with Gasteiger partial charge in [0, 0.05) is 25.0 Å². The van der Waals surface area contributed by atoms with Gasteiger partial charge in [-0.15, -0.1) is 0 Å². The quantitative estimate of drug-likeness (QED) is 0.139. The predicted molar refractivity (Wildman–Crippen MR) is 163 cm³/mol. The van der Waals surface area contributed by atoms with Gasteiger partial charge in [-0.25, -0.2) is 9.59 Å². The van der Waals surface area contributed by atoms with Crippen molar-refractivity contribution in [2.24, 2.45) is 0 Å². The first-order valence-electron chi connectivity index (χ1n) is 13.1. The predicted octanol–water partition coefficient (Wildman–Crippen LogP) is 7.87. The first kappa shape index (κ1) is 28.1. The second kappa shape index (κ2) is 13.7. The lowest BCUT2D eigenvalue weighted by Gasteiger charge is -2.12. The molecule has 0 aliphatic carbocycles. The Morgan fingerprint density at radius 1 is 0.550 bits per heavy atom. The van der Waals surface area contributed by atoms with Crippen LogP contribution in [0.3, 0.4) is 0 Å². The molecule has 0 amide bonds. The van der Waals surface area contributed by atoms with Gasteiger partial charge in [0.05, 0.1) is 13.2 Å². The van der Waals surface area contributed by atoms with Crippen LogP contribution in [0, 0.1) is 0 Å². The summed E-state index contributed by atoms with van der Waals surface area (Å²) in [4.78, 5) is 22.9. The number of benzene rings is 4. The van der Waals surface area contributed by atoms with E-state index in [-0.39, 0.29) is 13.2 Å². The third-order valence-corrected chi connectivity index (χ3v) is 6.55. The monoisotopic (exact) mass is 528 g/mol. The maximum absolute atomic E-state index is 11.5. The Kier molecular flexibility index (Phi) is 9.62. The van der Waals surface area contributed by atoms with E-state index in [4.69, 9.17) is 9.47 Å². The summed E-state index contributed by atoms with van der Waals surface area (Å²) >= 11 is 0. The third kappa shape index (κ3) is 7.55. The molecule has 0 unspecified atom stereocenters. The molecule has 0 radical (unpaired) electrons. The van der Waals surface area contributed by atoms with Gasteiger partial charge >= 0.3 is 11.9 Å². The average molecular weight is 529 g/mol. The molecule has 4 nitrogen and oxygen atoms in total. The van der Waals surface area contributed by atoms with Crippen molar-refractivity contribution in [3.8, 4) is 33.4 Å². The summed E-state index contributed by atoms with van der Waals surface area (Å²) in [5.41, 5.74) is 9.83. The molecule has 0 saturated heterocycles. The number of carbonyl (C=O) groups excluding carboxylic acids is 2. The van der Waals surface area contributed by atoms with Crippen LogP contribution in [0.2, 0.25) is 0 Å². The van der Waals surface area contributed by atoms with E-state index < -0.39 is 11.9 Å². The highest BCUT2D eigenvalue weighted by atomic mass is 16.5. The number of carbonyl (C=O) groups is 2. The molecule has 0 bridgehead atoms. The molecule has 200 valence electrons. The molecule has 0 aliphatic rings. The van der Waals surface area contributed by atoms with Crippen LogP contribution in [0.1, 0.15) is 16.7 Å². The van der Waals surface area contributed by atoms with E-state index in [2.05, 4.69) is 111 Å². The Morgan fingerprint density at radius 3 is 1.45 bits per heavy atom. The summed E-state index contributed by atoms with van der Waals surface area (Å²) in [6.45, 7) is 11.2. The van der Waals surface area contributed by atoms with Gasteiger partial charge in [-0.3, -0.25) is 0 Å². The summed E-state index contributed by atoms with van der Waals surface area (Å²) in [6, 6.07) is 31.6. The second-order valence-corrected chi connectivity index (χ2v) is 9.27. The van der Waals surface area contributed by atoms with Crippen LogP contribution in [-0.4, -0.2) is 25.2 Å². The van der Waals surface area contributed by atoms with Gasteiger partial charge in [-0.2, -0.15) is 0 Å². The highest BCUT2D eigenvalue weighted by molar-refractivity contribution is 5.81. The van der Waals surface area contributed by atoms with Crippen molar-refractivity contribution in [3.63, 3.8) is 0 Å². The highest BCUT2D eigenvalue weighted by Crippen LogP contribution is 2.30. The third-order valence-electron chi connectivity index (χ3n) is 6.55. The van der Waals surface area contributed by atoms with Gasteiger partial charge in [0.2, 0.25) is 0 Å². The molecule has 0 spiro atoms. The van der Waals surface area contributed by atoms with Gasteiger partial charge in [0.25, 0.3) is 0 Å². The van der Waals surface area contributed by atoms with Gasteiger partial charge in [0.1, 0.15) is 0 Å². The molecule has 0 aromatic heterocycles. The SMILES string of the molecule is C=CC(=O)OCCc1cc(CCOC(=O)C=C)cc(-c2ccc(-c3cccc(-c4ccc(C=C)cc4)c3)cc2)c1. The fourth-order valence-corrected chi connectivity index (χ4v) is 4.42. The van der Waals surface area contributed by atoms with Crippen LogP contribution in [0.15, 0.2) is 123 Å². The van der Waals surface area contributed by atoms with Crippen LogP contribution in [0.4, 0.5) is 0 Å². The van der Waals surface area contributed by atoms with Crippen LogP contribution < -0.4 is 0 Å². The molecular weight excluding hydrogens is 496 g/mol. The van der Waals surface area contributed by atoms with Crippen LogP contribution >= 0.6 is 0 Å². The molecule has 4 aromatic carbocycles. The highest BCUT2D eigenvalue weighted by Gasteiger charge is 2.08. The van der Waals surface area contributed by atoms with Crippen LogP contribution in [0.5, 0.6) is 0 Å². The standard InChI is InChI=1S/C36H32O4/c1-4-26-10-12-29(13-11-26)32-8-7-9-33(25-32)30-14-16-31(17-15-30)34-23-27(18-20-39-35(37)5-2)22-28(24-34)19-21-40-36(38)6-3/h4-17,22-25H,1-3,18-21H2. The van der Waals surface area contributed by atoms with Crippen molar-refractivity contribution in [1.29, 1.82) is 0 Å². The molecule has 4 heteroatoms. The van der Waals surface area contributed by atoms with Crippen molar-refractivity contribution in [1.82, 2.24) is 0 Å². The maximum Gasteiger partial charge on any atom is 0.330 e. The lowest BCUT2D eigenvalue weighted by molar-refractivity contribution is -0.138. The van der Waals surface area contributed by atoms with Gasteiger partial charge in [-0.1, -0.05) is 111 Å². The van der Waals surface area contributed by atoms with E-state index in [1.54, 1.807) is 0 Å². The number of esters is 2. The lowest BCUT2D eigenvalue weighted by atomic mass is 9.94. The molecule has 4 rings (SSSR count). The smallest absolute Gasteiger partial charge is 0.330 e. The van der Waals surface area contributed by atoms with Crippen molar-refractivity contribution >= 4 is 18.0 Å². The fourth-order valence-electron chi connectivity index (χ4n) is 4.42. The summed E-state index contributed by atoms with van der Waals surface area (Å²) < 4.78 is 10.4. The summed E-state index contributed by atoms with van der Waals surface area (Å²) in [7, 11) is 0. The molecule has 0 aliphatic heterocycles. The lowest BCUT2D eigenvalue weighted by Crippen LogP contribution is -2.06. The molecule has 40 heavy (non-hydrogen) atoms. The number of hydrogen-bond donors (Lipinski definition) is 0. The molecule has 0 fully saturated rings. The zero-order valence-electron chi connectivity index (χ0n) is 22.5. The normalized spacial score (nSPS) is 10.4. The molecule has 4 aromatic rings. The number of ether oxygens (including phenoxy) is 2. The van der Waals surface area contributed by atoms with Gasteiger partial charge in [0.15, 0.2) is 0 Å². The summed E-state index contributed by atoms with van der Waals surface area (Å²) in [6.07, 6.45) is 5.28. The minimum atomic E-state index is -0.443. The molecular formula is C36H32O4. The van der Waals surface area contributed by atoms with Crippen molar-refractivity contribution in [3.05, 3.63) is 140 Å². The Labute approximate surface area is 235 Å². The maximum atomic E-state index is 11.5. The van der Waals surface area contributed by atoms with Crippen molar-refractivity contribution in [2.45, 2.75) is 12.8 Å². The van der Waals surface area contributed by atoms with E-state index in [9.17, 15) is 9.59 Å². The minimum Gasteiger partial charge on any atom is -0.462 e. The Balaban J connectivity index is 1.56. The van der Waals surface area contributed by atoms with Gasteiger partial charge < -0.3 is 9.47 Å². The zero-order chi connectivity index (χ0) is 28.3. The van der Waals surface area contributed by atoms with Gasteiger partial charge in [-0.05, 0) is 56.1 Å². The van der Waals surface area contributed by atoms with Crippen LogP contribution in [-0.2, 0) is 31.9 Å². The molecule has 0 heterocycles. The first-order valence-corrected chi connectivity index (χ1v) is 13.1. The largest absolute Gasteiger partial charge is 0.462 e. The fraction of sp³-hybridized carbons (Fsp3) is 0.111. The summed E-state index contributed by atoms with van der Waals surface area (Å²) in [5, 5.41) is 0. The number of hydrogen-bond acceptors (Lipinski definition) is 4. The van der Waals surface area contributed by atoms with E-state index in [0.29, 0.717) is 12.8 Å². The Bertz CT molecular complexity index is 1470. The minimum absolute atomic E-state index is 0.255. The van der Waals surface area contributed by atoms with E-state index >= 15 is 0 Å². The van der Waals surface area contributed by atoms with Crippen molar-refractivity contribution < 1.29 is 19.1 Å². The van der Waals surface area contributed by atoms with Crippen LogP contribution in [0.25, 0.3) is 39.5 Å². The van der Waals surface area contributed by atoms with E-state index in [1.807, 2.05) is 6.08 Å². The Morgan fingerprint density at radius 2 is 1.00 bits per heavy atom. The zero-order valence-corrected chi connectivity index (χ0v) is 22.5. The molecule has 0 saturated carbocycles. The van der Waals surface area contributed by atoms with E-state index in [1.165, 1.54) is 0 Å². The van der Waals surface area contributed by atoms with E-state index in [0.717, 1.165) is 62.2 Å². The first-order chi connectivity index (χ1) is 19.5. The Hall–Kier alpha value is -4.96. The number of rotatable bonds is 12. The molecule has 0 N–H and O–H groups in total. The average Bonchev–Trinajstić information content (AvgIpc) is 3.01. The second-order valence-electron chi connectivity index (χ2n) is 9.27.